The topological polar surface area (TPSA) is 85.8 Å². The highest BCUT2D eigenvalue weighted by atomic mass is 16.4. The number of amides is 1. The van der Waals surface area contributed by atoms with Gasteiger partial charge in [-0.1, -0.05) is 36.8 Å². The number of anilines is 2. The molecule has 3 aromatic rings. The molecule has 0 atom stereocenters. The molecular weight excluding hydrogens is 416 g/mol. The van der Waals surface area contributed by atoms with E-state index in [4.69, 9.17) is 4.98 Å². The van der Waals surface area contributed by atoms with Gasteiger partial charge in [-0.15, -0.1) is 0 Å². The zero-order valence-electron chi connectivity index (χ0n) is 19.2. The van der Waals surface area contributed by atoms with Crippen LogP contribution in [0.2, 0.25) is 0 Å². The summed E-state index contributed by atoms with van der Waals surface area (Å²) in [5.41, 5.74) is 3.43. The predicted molar refractivity (Wildman–Crippen MR) is 131 cm³/mol. The molecule has 7 nitrogen and oxygen atoms in total. The van der Waals surface area contributed by atoms with Crippen LogP contribution in [0.3, 0.4) is 0 Å². The molecular formula is C26H30N4O3. The van der Waals surface area contributed by atoms with E-state index in [1.54, 1.807) is 24.3 Å². The second-order valence-electron chi connectivity index (χ2n) is 8.60. The maximum Gasteiger partial charge on any atom is 0.336 e. The molecule has 7 heteroatoms. The Labute approximate surface area is 194 Å². The lowest BCUT2D eigenvalue weighted by atomic mass is 10.1. The van der Waals surface area contributed by atoms with E-state index in [-0.39, 0.29) is 17.9 Å². The maximum atomic E-state index is 12.5. The first kappa shape index (κ1) is 22.7. The Hall–Kier alpha value is -3.45. The Morgan fingerprint density at radius 3 is 2.42 bits per heavy atom. The van der Waals surface area contributed by atoms with Gasteiger partial charge in [0.05, 0.1) is 17.5 Å². The van der Waals surface area contributed by atoms with Crippen molar-refractivity contribution < 1.29 is 14.7 Å². The van der Waals surface area contributed by atoms with E-state index in [1.807, 2.05) is 31.2 Å². The summed E-state index contributed by atoms with van der Waals surface area (Å²) in [4.78, 5) is 33.9. The number of nitrogens with zero attached hydrogens (tertiary/aromatic N) is 3. The summed E-state index contributed by atoms with van der Waals surface area (Å²) in [6.45, 7) is 8.80. The molecule has 1 aliphatic rings. The molecule has 2 heterocycles. The fourth-order valence-corrected chi connectivity index (χ4v) is 4.24. The zero-order valence-corrected chi connectivity index (χ0v) is 19.2. The Bertz CT molecular complexity index is 1150. The number of rotatable bonds is 7. The number of hydrogen-bond acceptors (Lipinski definition) is 5. The molecule has 2 N–H and O–H groups in total. The fourth-order valence-electron chi connectivity index (χ4n) is 4.24. The number of carboxylic acids is 1. The zero-order chi connectivity index (χ0) is 23.4. The van der Waals surface area contributed by atoms with Crippen LogP contribution < -0.4 is 10.2 Å². The normalized spacial score (nSPS) is 14.4. The molecule has 0 aliphatic carbocycles. The molecule has 33 heavy (non-hydrogen) atoms. The lowest BCUT2D eigenvalue weighted by Crippen LogP contribution is -2.46. The quantitative estimate of drug-likeness (QED) is 0.572. The highest BCUT2D eigenvalue weighted by Gasteiger charge is 2.20. The van der Waals surface area contributed by atoms with E-state index in [0.717, 1.165) is 50.3 Å². The third-order valence-corrected chi connectivity index (χ3v) is 6.03. The van der Waals surface area contributed by atoms with Gasteiger partial charge in [-0.25, -0.2) is 9.78 Å². The second-order valence-corrected chi connectivity index (χ2v) is 8.60. The standard InChI is InChI=1S/C26H30N4O3/c1-3-10-29-11-13-30(14-12-29)24-17-22(26(32)33)21-16-20(8-9-23(21)28-24)27-25(31)15-19-6-4-18(2)5-7-19/h4-9,16-17H,3,10-15H2,1-2H3,(H,27,31)(H,32,33). The maximum absolute atomic E-state index is 12.5. The average Bonchev–Trinajstić information content (AvgIpc) is 2.80. The molecule has 0 unspecified atom stereocenters. The summed E-state index contributed by atoms with van der Waals surface area (Å²) < 4.78 is 0. The van der Waals surface area contributed by atoms with Crippen molar-refractivity contribution in [2.75, 3.05) is 42.9 Å². The van der Waals surface area contributed by atoms with Crippen molar-refractivity contribution in [3.63, 3.8) is 0 Å². The minimum Gasteiger partial charge on any atom is -0.478 e. The number of aryl methyl sites for hydroxylation is 1. The molecule has 1 fully saturated rings. The first-order valence-corrected chi connectivity index (χ1v) is 11.4. The smallest absolute Gasteiger partial charge is 0.336 e. The lowest BCUT2D eigenvalue weighted by Gasteiger charge is -2.35. The van der Waals surface area contributed by atoms with E-state index in [2.05, 4.69) is 22.0 Å². The van der Waals surface area contributed by atoms with E-state index in [1.165, 1.54) is 0 Å². The minimum absolute atomic E-state index is 0.149. The summed E-state index contributed by atoms with van der Waals surface area (Å²) >= 11 is 0. The molecule has 1 saturated heterocycles. The summed E-state index contributed by atoms with van der Waals surface area (Å²) in [6.07, 6.45) is 1.38. The highest BCUT2D eigenvalue weighted by molar-refractivity contribution is 6.05. The number of pyridine rings is 1. The van der Waals surface area contributed by atoms with Gasteiger partial charge in [0.2, 0.25) is 5.91 Å². The SMILES string of the molecule is CCCN1CCN(c2cc(C(=O)O)c3cc(NC(=O)Cc4ccc(C)cc4)ccc3n2)CC1. The first-order valence-electron chi connectivity index (χ1n) is 11.4. The van der Waals surface area contributed by atoms with Crippen molar-refractivity contribution in [2.24, 2.45) is 0 Å². The number of piperazine rings is 1. The number of fused-ring (bicyclic) bond motifs is 1. The summed E-state index contributed by atoms with van der Waals surface area (Å²) in [5.74, 6) is -0.465. The van der Waals surface area contributed by atoms with Gasteiger partial charge in [0, 0.05) is 37.3 Å². The van der Waals surface area contributed by atoms with E-state index < -0.39 is 5.97 Å². The highest BCUT2D eigenvalue weighted by Crippen LogP contribution is 2.27. The predicted octanol–water partition coefficient (Wildman–Crippen LogP) is 3.95. The van der Waals surface area contributed by atoms with Gasteiger partial charge < -0.3 is 15.3 Å². The van der Waals surface area contributed by atoms with Crippen molar-refractivity contribution in [1.29, 1.82) is 0 Å². The van der Waals surface area contributed by atoms with Gasteiger partial charge in [0.25, 0.3) is 0 Å². The Morgan fingerprint density at radius 1 is 1.03 bits per heavy atom. The number of hydrogen-bond donors (Lipinski definition) is 2. The number of carbonyl (C=O) groups is 2. The number of benzene rings is 2. The van der Waals surface area contributed by atoms with Crippen LogP contribution in [0.5, 0.6) is 0 Å². The molecule has 0 spiro atoms. The first-order chi connectivity index (χ1) is 15.9. The number of aromatic nitrogens is 1. The van der Waals surface area contributed by atoms with Crippen LogP contribution in [0.4, 0.5) is 11.5 Å². The summed E-state index contributed by atoms with van der Waals surface area (Å²) in [7, 11) is 0. The molecule has 0 radical (unpaired) electrons. The van der Waals surface area contributed by atoms with Gasteiger partial charge in [-0.3, -0.25) is 9.69 Å². The molecule has 172 valence electrons. The van der Waals surface area contributed by atoms with E-state index in [9.17, 15) is 14.7 Å². The summed E-state index contributed by atoms with van der Waals surface area (Å²) in [5, 5.41) is 13.3. The largest absolute Gasteiger partial charge is 0.478 e. The number of carboxylic acid groups (broad SMARTS) is 1. The third kappa shape index (κ3) is 5.49. The molecule has 1 amide bonds. The number of carbonyl (C=O) groups excluding carboxylic acids is 1. The molecule has 2 aromatic carbocycles. The van der Waals surface area contributed by atoms with Crippen LogP contribution in [0.25, 0.3) is 10.9 Å². The minimum atomic E-state index is -1.00. The fraction of sp³-hybridized carbons (Fsp3) is 0.346. The van der Waals surface area contributed by atoms with Gasteiger partial charge in [0.15, 0.2) is 0 Å². The van der Waals surface area contributed by atoms with E-state index in [0.29, 0.717) is 22.4 Å². The van der Waals surface area contributed by atoms with Crippen LogP contribution in [-0.2, 0) is 11.2 Å². The van der Waals surface area contributed by atoms with E-state index >= 15 is 0 Å². The van der Waals surface area contributed by atoms with Crippen LogP contribution >= 0.6 is 0 Å². The van der Waals surface area contributed by atoms with Crippen molar-refractivity contribution in [2.45, 2.75) is 26.7 Å². The van der Waals surface area contributed by atoms with Crippen LogP contribution in [0, 0.1) is 6.92 Å². The second kappa shape index (κ2) is 10.0. The molecule has 4 rings (SSSR count). The summed E-state index contributed by atoms with van der Waals surface area (Å²) in [6, 6.07) is 14.7. The molecule has 1 aromatic heterocycles. The Balaban J connectivity index is 1.54. The number of nitrogens with one attached hydrogen (secondary N) is 1. The van der Waals surface area contributed by atoms with Crippen molar-refractivity contribution in [1.82, 2.24) is 9.88 Å². The van der Waals surface area contributed by atoms with Gasteiger partial charge in [0.1, 0.15) is 5.82 Å². The number of aromatic carboxylic acids is 1. The van der Waals surface area contributed by atoms with Gasteiger partial charge in [-0.2, -0.15) is 0 Å². The molecule has 0 saturated carbocycles. The average molecular weight is 447 g/mol. The van der Waals surface area contributed by atoms with Crippen LogP contribution in [0.15, 0.2) is 48.5 Å². The lowest BCUT2D eigenvalue weighted by molar-refractivity contribution is -0.115. The van der Waals surface area contributed by atoms with Crippen molar-refractivity contribution >= 4 is 34.3 Å². The van der Waals surface area contributed by atoms with Crippen LogP contribution in [0.1, 0.15) is 34.8 Å². The van der Waals surface area contributed by atoms with Crippen LogP contribution in [-0.4, -0.2) is 59.6 Å². The Morgan fingerprint density at radius 2 is 1.76 bits per heavy atom. The van der Waals surface area contributed by atoms with Gasteiger partial charge >= 0.3 is 5.97 Å². The van der Waals surface area contributed by atoms with Crippen molar-refractivity contribution in [3.05, 3.63) is 65.2 Å². The third-order valence-electron chi connectivity index (χ3n) is 6.03. The molecule has 0 bridgehead atoms. The monoisotopic (exact) mass is 446 g/mol. The van der Waals surface area contributed by atoms with Gasteiger partial charge in [-0.05, 0) is 49.7 Å². The van der Waals surface area contributed by atoms with Crippen molar-refractivity contribution in [3.8, 4) is 0 Å². The molecule has 1 aliphatic heterocycles. The Kier molecular flexibility index (Phi) is 6.89.